The van der Waals surface area contributed by atoms with E-state index in [-0.39, 0.29) is 0 Å². The van der Waals surface area contributed by atoms with E-state index in [0.717, 1.165) is 33.1 Å². The molecule has 0 bridgehead atoms. The Morgan fingerprint density at radius 1 is 0.641 bits per heavy atom. The van der Waals surface area contributed by atoms with Gasteiger partial charge in [-0.25, -0.2) is 15.0 Å². The molecule has 4 aromatic carbocycles. The molecule has 0 aliphatic heterocycles. The molecule has 186 valence electrons. The van der Waals surface area contributed by atoms with Gasteiger partial charge in [-0.05, 0) is 89.9 Å². The summed E-state index contributed by atoms with van der Waals surface area (Å²) in [4.78, 5) is 14.6. The van der Waals surface area contributed by atoms with Crippen LogP contribution in [-0.2, 0) is 0 Å². The third kappa shape index (κ3) is 3.88. The quantitative estimate of drug-likeness (QED) is 0.241. The highest BCUT2D eigenvalue weighted by Gasteiger charge is 2.39. The van der Waals surface area contributed by atoms with Crippen LogP contribution >= 0.6 is 0 Å². The molecule has 0 saturated heterocycles. The molecule has 4 nitrogen and oxygen atoms in total. The molecule has 8 rings (SSSR count). The van der Waals surface area contributed by atoms with Crippen molar-refractivity contribution < 1.29 is 4.42 Å². The molecule has 0 amide bonds. The summed E-state index contributed by atoms with van der Waals surface area (Å²) >= 11 is 0. The molecule has 2 heterocycles. The maximum absolute atomic E-state index is 6.03. The predicted molar refractivity (Wildman–Crippen MR) is 157 cm³/mol. The van der Waals surface area contributed by atoms with Gasteiger partial charge in [0.05, 0.1) is 0 Å². The number of hydrogen-bond donors (Lipinski definition) is 0. The smallest absolute Gasteiger partial charge is 0.163 e. The summed E-state index contributed by atoms with van der Waals surface area (Å²) < 4.78 is 6.03. The molecule has 2 aromatic heterocycles. The number of rotatable bonds is 4. The average molecular weight is 504 g/mol. The second kappa shape index (κ2) is 8.60. The van der Waals surface area contributed by atoms with Crippen LogP contribution < -0.4 is 0 Å². The van der Waals surface area contributed by atoms with Crippen molar-refractivity contribution in [2.24, 2.45) is 11.8 Å². The van der Waals surface area contributed by atoms with Crippen molar-refractivity contribution in [2.75, 3.05) is 0 Å². The Balaban J connectivity index is 1.28. The molecule has 1 unspecified atom stereocenters. The lowest BCUT2D eigenvalue weighted by Crippen LogP contribution is -2.01. The van der Waals surface area contributed by atoms with Crippen LogP contribution in [0.3, 0.4) is 0 Å². The number of fused-ring (bicyclic) bond motifs is 4. The van der Waals surface area contributed by atoms with E-state index in [9.17, 15) is 0 Å². The van der Waals surface area contributed by atoms with Gasteiger partial charge >= 0.3 is 0 Å². The SMILES string of the molecule is Cc1nc(-c2cc(C3=CC=C[C@H]4CC34)cc(-c3ccccc3)c2)nc(-c2ccc3oc4ccccc4c3c2)n1. The molecule has 0 radical (unpaired) electrons. The van der Waals surface area contributed by atoms with Gasteiger partial charge in [0.1, 0.15) is 17.0 Å². The van der Waals surface area contributed by atoms with Crippen molar-refractivity contribution >= 4 is 27.5 Å². The number of furan rings is 1. The van der Waals surface area contributed by atoms with Crippen LogP contribution in [0.4, 0.5) is 0 Å². The summed E-state index contributed by atoms with van der Waals surface area (Å²) in [6.45, 7) is 1.94. The zero-order valence-electron chi connectivity index (χ0n) is 21.5. The van der Waals surface area contributed by atoms with Crippen LogP contribution in [-0.4, -0.2) is 15.0 Å². The van der Waals surface area contributed by atoms with Gasteiger partial charge in [-0.3, -0.25) is 0 Å². The van der Waals surface area contributed by atoms with Crippen LogP contribution in [0, 0.1) is 18.8 Å². The van der Waals surface area contributed by atoms with E-state index in [2.05, 4.69) is 78.9 Å². The molecular weight excluding hydrogens is 478 g/mol. The maximum atomic E-state index is 6.03. The Kier molecular flexibility index (Phi) is 4.89. The topological polar surface area (TPSA) is 51.8 Å². The molecule has 0 N–H and O–H groups in total. The number of aryl methyl sites for hydroxylation is 1. The van der Waals surface area contributed by atoms with E-state index in [4.69, 9.17) is 19.4 Å². The Hall–Kier alpha value is -4.83. The maximum Gasteiger partial charge on any atom is 0.163 e. The first-order valence-electron chi connectivity index (χ1n) is 13.4. The van der Waals surface area contributed by atoms with E-state index in [1.54, 1.807) is 0 Å². The summed E-state index contributed by atoms with van der Waals surface area (Å²) in [7, 11) is 0. The standard InChI is InChI=1S/C35H25N3O/c1-21-36-34(24-14-15-33-31(20-24)29-11-5-6-13-32(29)39-33)38-35(37-21)27-17-25(22-8-3-2-4-9-22)16-26(18-27)28-12-7-10-23-19-30(23)28/h2-18,20,23,30H,19H2,1H3/t23-,30?/m0/s1. The number of allylic oxidation sites excluding steroid dienone is 4. The fourth-order valence-corrected chi connectivity index (χ4v) is 5.85. The zero-order valence-corrected chi connectivity index (χ0v) is 21.5. The van der Waals surface area contributed by atoms with Crippen molar-refractivity contribution in [3.05, 3.63) is 121 Å². The summed E-state index contributed by atoms with van der Waals surface area (Å²) in [6, 6.07) is 31.6. The molecule has 1 fully saturated rings. The monoisotopic (exact) mass is 503 g/mol. The van der Waals surface area contributed by atoms with Gasteiger partial charge in [0.15, 0.2) is 11.6 Å². The van der Waals surface area contributed by atoms with Gasteiger partial charge < -0.3 is 4.42 Å². The van der Waals surface area contributed by atoms with Gasteiger partial charge in [0.25, 0.3) is 0 Å². The number of hydrogen-bond acceptors (Lipinski definition) is 4. The lowest BCUT2D eigenvalue weighted by Gasteiger charge is -2.14. The fourth-order valence-electron chi connectivity index (χ4n) is 5.85. The summed E-state index contributed by atoms with van der Waals surface area (Å²) in [5, 5.41) is 2.15. The predicted octanol–water partition coefficient (Wildman–Crippen LogP) is 8.67. The Morgan fingerprint density at radius 3 is 2.28 bits per heavy atom. The summed E-state index contributed by atoms with van der Waals surface area (Å²) in [5.74, 6) is 3.34. The van der Waals surface area contributed by atoms with Gasteiger partial charge in [0.2, 0.25) is 0 Å². The van der Waals surface area contributed by atoms with Crippen LogP contribution in [0.1, 0.15) is 17.8 Å². The van der Waals surface area contributed by atoms with E-state index in [0.29, 0.717) is 29.3 Å². The highest BCUT2D eigenvalue weighted by molar-refractivity contribution is 6.06. The first-order chi connectivity index (χ1) is 19.2. The van der Waals surface area contributed by atoms with Crippen molar-refractivity contribution in [3.63, 3.8) is 0 Å². The van der Waals surface area contributed by atoms with Gasteiger partial charge in [-0.15, -0.1) is 0 Å². The van der Waals surface area contributed by atoms with E-state index in [1.807, 2.05) is 37.3 Å². The van der Waals surface area contributed by atoms with Crippen LogP contribution in [0.25, 0.3) is 61.4 Å². The second-order valence-electron chi connectivity index (χ2n) is 10.5. The minimum Gasteiger partial charge on any atom is -0.456 e. The van der Waals surface area contributed by atoms with Crippen molar-refractivity contribution in [1.29, 1.82) is 0 Å². The second-order valence-corrected chi connectivity index (χ2v) is 10.5. The lowest BCUT2D eigenvalue weighted by atomic mass is 9.91. The Labute approximate surface area is 226 Å². The molecule has 2 aliphatic rings. The molecule has 1 saturated carbocycles. The highest BCUT2D eigenvalue weighted by Crippen LogP contribution is 2.51. The minimum atomic E-state index is 0.612. The molecule has 2 aliphatic carbocycles. The lowest BCUT2D eigenvalue weighted by molar-refractivity contribution is 0.669. The van der Waals surface area contributed by atoms with E-state index >= 15 is 0 Å². The van der Waals surface area contributed by atoms with Crippen LogP contribution in [0.2, 0.25) is 0 Å². The third-order valence-electron chi connectivity index (χ3n) is 7.89. The first-order valence-corrected chi connectivity index (χ1v) is 13.4. The number of para-hydroxylation sites is 1. The minimum absolute atomic E-state index is 0.612. The molecule has 2 atom stereocenters. The molecule has 39 heavy (non-hydrogen) atoms. The third-order valence-corrected chi connectivity index (χ3v) is 7.89. The average Bonchev–Trinajstić information content (AvgIpc) is 3.69. The first kappa shape index (κ1) is 22.2. The van der Waals surface area contributed by atoms with Gasteiger partial charge in [-0.1, -0.05) is 66.8 Å². The molecular formula is C35H25N3O. The van der Waals surface area contributed by atoms with E-state index < -0.39 is 0 Å². The number of benzene rings is 4. The molecule has 6 aromatic rings. The Bertz CT molecular complexity index is 1970. The van der Waals surface area contributed by atoms with Crippen molar-refractivity contribution in [2.45, 2.75) is 13.3 Å². The normalized spacial score (nSPS) is 17.8. The van der Waals surface area contributed by atoms with Crippen LogP contribution in [0.5, 0.6) is 0 Å². The van der Waals surface area contributed by atoms with Crippen molar-refractivity contribution in [1.82, 2.24) is 15.0 Å². The van der Waals surface area contributed by atoms with Gasteiger partial charge in [0, 0.05) is 21.9 Å². The largest absolute Gasteiger partial charge is 0.456 e. The fraction of sp³-hybridized carbons (Fsp3) is 0.114. The number of aromatic nitrogens is 3. The molecule has 4 heteroatoms. The van der Waals surface area contributed by atoms with Crippen molar-refractivity contribution in [3.8, 4) is 33.9 Å². The molecule has 0 spiro atoms. The van der Waals surface area contributed by atoms with E-state index in [1.165, 1.54) is 28.7 Å². The number of nitrogens with zero attached hydrogens (tertiary/aromatic N) is 3. The highest BCUT2D eigenvalue weighted by atomic mass is 16.3. The zero-order chi connectivity index (χ0) is 25.9. The van der Waals surface area contributed by atoms with Gasteiger partial charge in [-0.2, -0.15) is 0 Å². The Morgan fingerprint density at radius 2 is 1.38 bits per heavy atom. The summed E-state index contributed by atoms with van der Waals surface area (Å²) in [6.07, 6.45) is 8.04. The van der Waals surface area contributed by atoms with Crippen LogP contribution in [0.15, 0.2) is 114 Å². The summed E-state index contributed by atoms with van der Waals surface area (Å²) in [5.41, 5.74) is 8.69.